The quantitative estimate of drug-likeness (QED) is 0.428. The Kier molecular flexibility index (Phi) is 7.85. The van der Waals surface area contributed by atoms with Gasteiger partial charge in [-0.25, -0.2) is 0 Å². The molecule has 6 heteroatoms. The lowest BCUT2D eigenvalue weighted by atomic mass is 10.1. The number of ether oxygens (including phenoxy) is 3. The van der Waals surface area contributed by atoms with Gasteiger partial charge in [-0.15, -0.1) is 0 Å². The minimum Gasteiger partial charge on any atom is -0.493 e. The number of methoxy groups -OCH3 is 2. The van der Waals surface area contributed by atoms with E-state index in [1.165, 1.54) is 0 Å². The zero-order valence-corrected chi connectivity index (χ0v) is 18.9. The molecule has 3 aromatic rings. The van der Waals surface area contributed by atoms with Crippen molar-refractivity contribution in [1.82, 2.24) is 4.72 Å². The highest BCUT2D eigenvalue weighted by molar-refractivity contribution is 8.28. The summed E-state index contributed by atoms with van der Waals surface area (Å²) in [6, 6.07) is 21.3. The minimum atomic E-state index is -2.59. The highest BCUT2D eigenvalue weighted by atomic mass is 32.3. The summed E-state index contributed by atoms with van der Waals surface area (Å²) in [4.78, 5) is 0.686. The summed E-state index contributed by atoms with van der Waals surface area (Å²) in [5.74, 6) is 1.77. The maximum atomic E-state index is 10.7. The van der Waals surface area contributed by atoms with Gasteiger partial charge in [-0.1, -0.05) is 64.6 Å². The van der Waals surface area contributed by atoms with Crippen LogP contribution in [0.15, 0.2) is 71.6 Å². The Bertz CT molecular complexity index is 975. The Balaban J connectivity index is 1.75. The van der Waals surface area contributed by atoms with Crippen LogP contribution in [-0.4, -0.2) is 25.3 Å². The van der Waals surface area contributed by atoms with E-state index in [2.05, 4.69) is 4.72 Å². The number of rotatable bonds is 10. The van der Waals surface area contributed by atoms with Gasteiger partial charge in [0.25, 0.3) is 0 Å². The van der Waals surface area contributed by atoms with E-state index in [1.54, 1.807) is 14.2 Å². The van der Waals surface area contributed by atoms with Crippen LogP contribution in [0.25, 0.3) is 0 Å². The van der Waals surface area contributed by atoms with Gasteiger partial charge in [-0.3, -0.25) is 4.72 Å². The first-order valence-electron chi connectivity index (χ1n) is 10.00. The molecule has 164 valence electrons. The highest BCUT2D eigenvalue weighted by Gasteiger charge is 2.20. The summed E-state index contributed by atoms with van der Waals surface area (Å²) < 4.78 is 31.0. The zero-order chi connectivity index (χ0) is 22.3. The Morgan fingerprint density at radius 3 is 2.26 bits per heavy atom. The number of hydrogen-bond donors (Lipinski definition) is 2. The van der Waals surface area contributed by atoms with E-state index in [0.717, 1.165) is 16.7 Å². The Labute approximate surface area is 186 Å². The Hall–Kier alpha value is -2.67. The van der Waals surface area contributed by atoms with Crippen LogP contribution in [0.2, 0.25) is 0 Å². The molecule has 0 saturated carbocycles. The molecule has 0 saturated heterocycles. The van der Waals surface area contributed by atoms with Crippen LogP contribution in [0.4, 0.5) is 0 Å². The van der Waals surface area contributed by atoms with Crippen LogP contribution >= 0.6 is 10.5 Å². The first-order valence-corrected chi connectivity index (χ1v) is 11.7. The molecule has 0 aliphatic heterocycles. The van der Waals surface area contributed by atoms with Gasteiger partial charge in [-0.2, -0.15) is 0 Å². The maximum Gasteiger partial charge on any atom is 0.203 e. The lowest BCUT2D eigenvalue weighted by molar-refractivity contribution is 0.272. The first-order chi connectivity index (χ1) is 14.9. The normalized spacial score (nSPS) is 13.8. The van der Waals surface area contributed by atoms with Crippen molar-refractivity contribution < 1.29 is 18.8 Å². The van der Waals surface area contributed by atoms with Gasteiger partial charge in [0.15, 0.2) is 11.5 Å². The maximum absolute atomic E-state index is 10.7. The molecule has 0 amide bonds. The van der Waals surface area contributed by atoms with Crippen molar-refractivity contribution in [1.29, 1.82) is 0 Å². The standard InChI is InChI=1S/C25H29NO4S/c1-19-10-13-22(14-11-19)31(4,27)26-17-16-21-12-15-23(28-2)25(29-3)24(21)30-18-20-8-6-5-7-9-20/h4-15,26-27H,16-18H2,1-3H3. The second kappa shape index (κ2) is 10.6. The van der Waals surface area contributed by atoms with Crippen molar-refractivity contribution in [2.24, 2.45) is 0 Å². The Morgan fingerprint density at radius 2 is 1.61 bits per heavy atom. The molecule has 0 aliphatic rings. The van der Waals surface area contributed by atoms with Crippen LogP contribution in [0.3, 0.4) is 0 Å². The van der Waals surface area contributed by atoms with Crippen molar-refractivity contribution in [3.05, 3.63) is 89.7 Å². The topological polar surface area (TPSA) is 60.0 Å². The summed E-state index contributed by atoms with van der Waals surface area (Å²) in [7, 11) is 0.599. The van der Waals surface area contributed by atoms with Crippen LogP contribution in [0, 0.1) is 13.2 Å². The smallest absolute Gasteiger partial charge is 0.203 e. The molecule has 0 bridgehead atoms. The number of aryl methyl sites for hydroxylation is 1. The molecule has 2 N–H and O–H groups in total. The van der Waals surface area contributed by atoms with Crippen LogP contribution in [-0.2, 0) is 13.0 Å². The van der Waals surface area contributed by atoms with Crippen LogP contribution < -0.4 is 18.9 Å². The van der Waals surface area contributed by atoms with E-state index in [-0.39, 0.29) is 0 Å². The van der Waals surface area contributed by atoms with Gasteiger partial charge < -0.3 is 18.8 Å². The van der Waals surface area contributed by atoms with E-state index in [9.17, 15) is 4.55 Å². The molecule has 0 heterocycles. The highest BCUT2D eigenvalue weighted by Crippen LogP contribution is 2.46. The van der Waals surface area contributed by atoms with Gasteiger partial charge in [0.05, 0.1) is 20.5 Å². The summed E-state index contributed by atoms with van der Waals surface area (Å²) in [5, 5.41) is 0. The fourth-order valence-corrected chi connectivity index (χ4v) is 4.33. The van der Waals surface area contributed by atoms with Crippen molar-refractivity contribution in [2.45, 2.75) is 24.8 Å². The molecule has 0 aliphatic carbocycles. The zero-order valence-electron chi connectivity index (χ0n) is 18.1. The fourth-order valence-electron chi connectivity index (χ4n) is 3.19. The third-order valence-electron chi connectivity index (χ3n) is 4.90. The molecule has 3 rings (SSSR count). The van der Waals surface area contributed by atoms with E-state index >= 15 is 0 Å². The minimum absolute atomic E-state index is 0.403. The molecule has 5 nitrogen and oxygen atoms in total. The molecule has 1 unspecified atom stereocenters. The van der Waals surface area contributed by atoms with E-state index in [0.29, 0.717) is 41.7 Å². The van der Waals surface area contributed by atoms with Crippen molar-refractivity contribution >= 4 is 10.5 Å². The van der Waals surface area contributed by atoms with Gasteiger partial charge >= 0.3 is 0 Å². The molecule has 31 heavy (non-hydrogen) atoms. The lowest BCUT2D eigenvalue weighted by Crippen LogP contribution is -2.21. The monoisotopic (exact) mass is 439 g/mol. The largest absolute Gasteiger partial charge is 0.493 e. The fraction of sp³-hybridized carbons (Fsp3) is 0.240. The summed E-state index contributed by atoms with van der Waals surface area (Å²) >= 11 is 0. The van der Waals surface area contributed by atoms with Crippen molar-refractivity contribution in [3.8, 4) is 17.2 Å². The second-order valence-corrected chi connectivity index (χ2v) is 9.16. The second-order valence-electron chi connectivity index (χ2n) is 7.15. The SMILES string of the molecule is [CH]S(O)(NCCc1ccc(OC)c(OC)c1OCc1ccccc1)c1ccc(C)cc1. The van der Waals surface area contributed by atoms with Gasteiger partial charge in [0.2, 0.25) is 5.75 Å². The summed E-state index contributed by atoms with van der Waals surface area (Å²) in [6.45, 7) is 2.86. The molecular weight excluding hydrogens is 410 g/mol. The lowest BCUT2D eigenvalue weighted by Gasteiger charge is -2.30. The van der Waals surface area contributed by atoms with Crippen molar-refractivity contribution in [2.75, 3.05) is 20.8 Å². The first kappa shape index (κ1) is 23.0. The van der Waals surface area contributed by atoms with E-state index < -0.39 is 10.5 Å². The molecular formula is C25H29NO4S. The summed E-state index contributed by atoms with van der Waals surface area (Å²) in [6.07, 6.45) is 6.76. The third-order valence-corrected chi connectivity index (χ3v) is 6.54. The van der Waals surface area contributed by atoms with E-state index in [1.807, 2.05) is 73.7 Å². The third kappa shape index (κ3) is 5.94. The molecule has 0 aromatic heterocycles. The number of hydrogen-bond acceptors (Lipinski definition) is 5. The molecule has 3 aromatic carbocycles. The van der Waals surface area contributed by atoms with Crippen molar-refractivity contribution in [3.63, 3.8) is 0 Å². The predicted octanol–water partition coefficient (Wildman–Crippen LogP) is 5.64. The average molecular weight is 440 g/mol. The Morgan fingerprint density at radius 1 is 0.903 bits per heavy atom. The summed E-state index contributed by atoms with van der Waals surface area (Å²) in [5.41, 5.74) is 3.10. The van der Waals surface area contributed by atoms with Crippen LogP contribution in [0.5, 0.6) is 17.2 Å². The molecule has 0 fully saturated rings. The van der Waals surface area contributed by atoms with Gasteiger partial charge in [0.1, 0.15) is 6.61 Å². The molecule has 2 radical (unpaired) electrons. The predicted molar refractivity (Wildman–Crippen MR) is 126 cm³/mol. The molecule has 1 atom stereocenters. The van der Waals surface area contributed by atoms with E-state index in [4.69, 9.17) is 20.5 Å². The number of nitrogens with one attached hydrogen (secondary N) is 1. The van der Waals surface area contributed by atoms with Crippen LogP contribution in [0.1, 0.15) is 16.7 Å². The average Bonchev–Trinajstić information content (AvgIpc) is 2.78. The number of benzene rings is 3. The van der Waals surface area contributed by atoms with Gasteiger partial charge in [0, 0.05) is 11.4 Å². The molecule has 0 spiro atoms. The van der Waals surface area contributed by atoms with Gasteiger partial charge in [-0.05, 0) is 42.7 Å².